The maximum absolute atomic E-state index is 11.8. The number of aromatic amines is 1. The summed E-state index contributed by atoms with van der Waals surface area (Å²) in [5.41, 5.74) is 4.12. The van der Waals surface area contributed by atoms with Crippen LogP contribution >= 0.6 is 0 Å². The van der Waals surface area contributed by atoms with Crippen LogP contribution in [0.4, 0.5) is 0 Å². The Morgan fingerprint density at radius 3 is 2.63 bits per heavy atom. The number of hydrogen-bond acceptors (Lipinski definition) is 2. The van der Waals surface area contributed by atoms with Gasteiger partial charge in [0.1, 0.15) is 5.82 Å². The zero-order chi connectivity index (χ0) is 13.4. The highest BCUT2D eigenvalue weighted by Gasteiger charge is 2.05. The third kappa shape index (κ3) is 2.03. The van der Waals surface area contributed by atoms with E-state index in [9.17, 15) is 4.79 Å². The van der Waals surface area contributed by atoms with Gasteiger partial charge in [-0.3, -0.25) is 4.79 Å². The highest BCUT2D eigenvalue weighted by atomic mass is 16.1. The van der Waals surface area contributed by atoms with Crippen molar-refractivity contribution in [1.82, 2.24) is 9.97 Å². The van der Waals surface area contributed by atoms with Crippen molar-refractivity contribution in [3.8, 4) is 11.1 Å². The van der Waals surface area contributed by atoms with Crippen LogP contribution in [-0.2, 0) is 0 Å². The molecule has 0 amide bonds. The Labute approximate surface area is 111 Å². The molecule has 3 heteroatoms. The van der Waals surface area contributed by atoms with Crippen molar-refractivity contribution in [2.45, 2.75) is 13.8 Å². The van der Waals surface area contributed by atoms with E-state index in [1.54, 1.807) is 6.92 Å². The van der Waals surface area contributed by atoms with Gasteiger partial charge in [0.2, 0.25) is 0 Å². The van der Waals surface area contributed by atoms with Crippen LogP contribution in [-0.4, -0.2) is 9.97 Å². The fraction of sp³-hybridized carbons (Fsp3) is 0.125. The van der Waals surface area contributed by atoms with Gasteiger partial charge < -0.3 is 4.98 Å². The Kier molecular flexibility index (Phi) is 2.67. The van der Waals surface area contributed by atoms with E-state index in [0.29, 0.717) is 11.2 Å². The first-order valence-corrected chi connectivity index (χ1v) is 6.22. The SMILES string of the molecule is Cc1nc2cc(-c3ccccc3C)ccc2c(=O)[nH]1. The van der Waals surface area contributed by atoms with Crippen LogP contribution in [0.1, 0.15) is 11.4 Å². The monoisotopic (exact) mass is 250 g/mol. The predicted molar refractivity (Wildman–Crippen MR) is 77.3 cm³/mol. The van der Waals surface area contributed by atoms with Gasteiger partial charge in [-0.15, -0.1) is 0 Å². The minimum absolute atomic E-state index is 0.0844. The highest BCUT2D eigenvalue weighted by Crippen LogP contribution is 2.25. The summed E-state index contributed by atoms with van der Waals surface area (Å²) in [6.07, 6.45) is 0. The summed E-state index contributed by atoms with van der Waals surface area (Å²) in [6.45, 7) is 3.87. The fourth-order valence-corrected chi connectivity index (χ4v) is 2.32. The molecule has 3 aromatic rings. The molecule has 0 aliphatic rings. The van der Waals surface area contributed by atoms with Crippen LogP contribution in [0, 0.1) is 13.8 Å². The van der Waals surface area contributed by atoms with E-state index < -0.39 is 0 Å². The fourth-order valence-electron chi connectivity index (χ4n) is 2.32. The van der Waals surface area contributed by atoms with Crippen molar-refractivity contribution in [3.05, 3.63) is 64.2 Å². The van der Waals surface area contributed by atoms with E-state index in [0.717, 1.165) is 11.1 Å². The van der Waals surface area contributed by atoms with Gasteiger partial charge >= 0.3 is 0 Å². The predicted octanol–water partition coefficient (Wildman–Crippen LogP) is 3.21. The number of nitrogens with zero attached hydrogens (tertiary/aromatic N) is 1. The molecular weight excluding hydrogens is 236 g/mol. The van der Waals surface area contributed by atoms with Gasteiger partial charge in [-0.2, -0.15) is 0 Å². The van der Waals surface area contributed by atoms with Crippen molar-refractivity contribution in [2.75, 3.05) is 0 Å². The van der Waals surface area contributed by atoms with Gasteiger partial charge in [0.15, 0.2) is 0 Å². The molecule has 0 aliphatic heterocycles. The molecule has 3 nitrogen and oxygen atoms in total. The van der Waals surface area contributed by atoms with Crippen LogP contribution in [0.2, 0.25) is 0 Å². The van der Waals surface area contributed by atoms with E-state index in [1.807, 2.05) is 30.3 Å². The normalized spacial score (nSPS) is 10.8. The molecule has 94 valence electrons. The summed E-state index contributed by atoms with van der Waals surface area (Å²) in [5.74, 6) is 0.638. The van der Waals surface area contributed by atoms with Gasteiger partial charge in [-0.05, 0) is 42.7 Å². The van der Waals surface area contributed by atoms with Crippen LogP contribution in [0.15, 0.2) is 47.3 Å². The number of aromatic nitrogens is 2. The minimum Gasteiger partial charge on any atom is -0.310 e. The summed E-state index contributed by atoms with van der Waals surface area (Å²) in [5, 5.41) is 0.628. The van der Waals surface area contributed by atoms with Gasteiger partial charge in [0.25, 0.3) is 5.56 Å². The molecule has 0 saturated carbocycles. The quantitative estimate of drug-likeness (QED) is 0.720. The third-order valence-corrected chi connectivity index (χ3v) is 3.28. The molecule has 0 aliphatic carbocycles. The maximum Gasteiger partial charge on any atom is 0.258 e. The number of H-pyrrole nitrogens is 1. The molecule has 1 N–H and O–H groups in total. The number of nitrogens with one attached hydrogen (secondary N) is 1. The summed E-state index contributed by atoms with van der Waals surface area (Å²) >= 11 is 0. The van der Waals surface area contributed by atoms with Crippen LogP contribution in [0.5, 0.6) is 0 Å². The molecule has 2 aromatic carbocycles. The molecule has 3 rings (SSSR count). The van der Waals surface area contributed by atoms with Gasteiger partial charge in [0, 0.05) is 0 Å². The highest BCUT2D eigenvalue weighted by molar-refractivity contribution is 5.84. The number of rotatable bonds is 1. The standard InChI is InChI=1S/C16H14N2O/c1-10-5-3-4-6-13(10)12-7-8-14-15(9-12)17-11(2)18-16(14)19/h3-9H,1-2H3,(H,17,18,19). The first kappa shape index (κ1) is 11.7. The molecule has 1 heterocycles. The van der Waals surface area contributed by atoms with Crippen molar-refractivity contribution < 1.29 is 0 Å². The zero-order valence-corrected chi connectivity index (χ0v) is 10.9. The molecule has 1 aromatic heterocycles. The average molecular weight is 250 g/mol. The molecule has 0 bridgehead atoms. The van der Waals surface area contributed by atoms with Gasteiger partial charge in [0.05, 0.1) is 10.9 Å². The van der Waals surface area contributed by atoms with E-state index >= 15 is 0 Å². The number of aryl methyl sites for hydroxylation is 2. The van der Waals surface area contributed by atoms with Crippen molar-refractivity contribution in [2.24, 2.45) is 0 Å². The lowest BCUT2D eigenvalue weighted by molar-refractivity contribution is 1.06. The lowest BCUT2D eigenvalue weighted by Gasteiger charge is -2.07. The number of benzene rings is 2. The van der Waals surface area contributed by atoms with E-state index in [2.05, 4.69) is 29.0 Å². The van der Waals surface area contributed by atoms with Crippen LogP contribution < -0.4 is 5.56 Å². The van der Waals surface area contributed by atoms with E-state index in [1.165, 1.54) is 11.1 Å². The lowest BCUT2D eigenvalue weighted by Crippen LogP contribution is -2.09. The molecule has 0 unspecified atom stereocenters. The molecule has 19 heavy (non-hydrogen) atoms. The number of fused-ring (bicyclic) bond motifs is 1. The van der Waals surface area contributed by atoms with Crippen LogP contribution in [0.3, 0.4) is 0 Å². The second kappa shape index (κ2) is 4.35. The Morgan fingerprint density at radius 1 is 1.05 bits per heavy atom. The Hall–Kier alpha value is -2.42. The molecule has 0 spiro atoms. The molecular formula is C16H14N2O. The summed E-state index contributed by atoms with van der Waals surface area (Å²) < 4.78 is 0. The lowest BCUT2D eigenvalue weighted by atomic mass is 10.00. The third-order valence-electron chi connectivity index (χ3n) is 3.28. The summed E-state index contributed by atoms with van der Waals surface area (Å²) in [4.78, 5) is 18.9. The maximum atomic E-state index is 11.8. The van der Waals surface area contributed by atoms with Gasteiger partial charge in [-0.25, -0.2) is 4.98 Å². The Morgan fingerprint density at radius 2 is 1.84 bits per heavy atom. The largest absolute Gasteiger partial charge is 0.310 e. The van der Waals surface area contributed by atoms with Crippen LogP contribution in [0.25, 0.3) is 22.0 Å². The van der Waals surface area contributed by atoms with E-state index in [4.69, 9.17) is 0 Å². The van der Waals surface area contributed by atoms with Crippen molar-refractivity contribution in [1.29, 1.82) is 0 Å². The topological polar surface area (TPSA) is 45.8 Å². The summed E-state index contributed by atoms with van der Waals surface area (Å²) in [7, 11) is 0. The first-order valence-electron chi connectivity index (χ1n) is 6.22. The Bertz CT molecular complexity index is 818. The first-order chi connectivity index (χ1) is 9.15. The Balaban J connectivity index is 2.28. The summed E-state index contributed by atoms with van der Waals surface area (Å²) in [6, 6.07) is 14.0. The molecule has 0 atom stereocenters. The smallest absolute Gasteiger partial charge is 0.258 e. The van der Waals surface area contributed by atoms with Crippen molar-refractivity contribution >= 4 is 10.9 Å². The molecule has 0 saturated heterocycles. The van der Waals surface area contributed by atoms with E-state index in [-0.39, 0.29) is 5.56 Å². The zero-order valence-electron chi connectivity index (χ0n) is 10.9. The molecule has 0 fully saturated rings. The molecule has 0 radical (unpaired) electrons. The van der Waals surface area contributed by atoms with Crippen molar-refractivity contribution in [3.63, 3.8) is 0 Å². The second-order valence-electron chi connectivity index (χ2n) is 4.70. The minimum atomic E-state index is -0.0844. The average Bonchev–Trinajstić information content (AvgIpc) is 2.38. The second-order valence-corrected chi connectivity index (χ2v) is 4.70. The van der Waals surface area contributed by atoms with Gasteiger partial charge in [-0.1, -0.05) is 30.3 Å². The number of hydrogen-bond donors (Lipinski definition) is 1.